The first kappa shape index (κ1) is 21.8. The molecule has 1 aliphatic carbocycles. The van der Waals surface area contributed by atoms with E-state index in [1.165, 1.54) is 11.0 Å². The van der Waals surface area contributed by atoms with Crippen molar-refractivity contribution in [3.63, 3.8) is 0 Å². The van der Waals surface area contributed by atoms with Gasteiger partial charge >= 0.3 is 6.09 Å². The predicted molar refractivity (Wildman–Crippen MR) is 118 cm³/mol. The first-order valence-corrected chi connectivity index (χ1v) is 11.0. The lowest BCUT2D eigenvalue weighted by atomic mass is 10.2. The molecule has 0 spiro atoms. The summed E-state index contributed by atoms with van der Waals surface area (Å²) in [7, 11) is 0. The number of nitrogens with one attached hydrogen (secondary N) is 1. The minimum Gasteiger partial charge on any atom is -0.442 e. The molecule has 2 saturated heterocycles. The number of nitrogens with zero attached hydrogens (tertiary/aromatic N) is 3. The van der Waals surface area contributed by atoms with Crippen molar-refractivity contribution in [1.29, 1.82) is 0 Å². The predicted octanol–water partition coefficient (Wildman–Crippen LogP) is 1.65. The normalized spacial score (nSPS) is 22.4. The summed E-state index contributed by atoms with van der Waals surface area (Å²) >= 11 is 5.12. The summed E-state index contributed by atoms with van der Waals surface area (Å²) in [6.45, 7) is 4.53. The maximum atomic E-state index is 14.9. The fraction of sp³-hybridized carbons (Fsp3) is 0.571. The molecule has 2 amide bonds. The van der Waals surface area contributed by atoms with E-state index < -0.39 is 17.5 Å². The highest BCUT2D eigenvalue weighted by Crippen LogP contribution is 2.37. The van der Waals surface area contributed by atoms with Gasteiger partial charge in [-0.1, -0.05) is 19.1 Å². The van der Waals surface area contributed by atoms with Crippen molar-refractivity contribution in [1.82, 2.24) is 10.2 Å². The quantitative estimate of drug-likeness (QED) is 0.638. The van der Waals surface area contributed by atoms with Crippen LogP contribution in [0, 0.1) is 5.82 Å². The largest absolute Gasteiger partial charge is 0.442 e. The third-order valence-electron chi connectivity index (χ3n) is 5.99. The van der Waals surface area contributed by atoms with E-state index in [4.69, 9.17) is 17.0 Å². The van der Waals surface area contributed by atoms with E-state index in [0.717, 1.165) is 6.42 Å². The van der Waals surface area contributed by atoms with Crippen LogP contribution in [-0.4, -0.2) is 78.0 Å². The number of aliphatic hydroxyl groups is 1. The number of piperazine rings is 1. The number of carbonyl (C=O) groups is 2. The molecule has 0 aromatic heterocycles. The molecule has 1 aromatic rings. The van der Waals surface area contributed by atoms with E-state index in [2.05, 4.69) is 5.32 Å². The summed E-state index contributed by atoms with van der Waals surface area (Å²) in [5.41, 5.74) is -0.300. The van der Waals surface area contributed by atoms with Gasteiger partial charge < -0.3 is 25.0 Å². The Balaban J connectivity index is 1.36. The van der Waals surface area contributed by atoms with Crippen molar-refractivity contribution in [2.45, 2.75) is 37.9 Å². The third-order valence-corrected chi connectivity index (χ3v) is 6.43. The summed E-state index contributed by atoms with van der Waals surface area (Å²) in [5.74, 6) is -0.654. The Morgan fingerprint density at radius 2 is 2.03 bits per heavy atom. The van der Waals surface area contributed by atoms with E-state index >= 15 is 0 Å². The van der Waals surface area contributed by atoms with Gasteiger partial charge in [-0.25, -0.2) is 9.18 Å². The lowest BCUT2D eigenvalue weighted by Gasteiger charge is -2.37. The zero-order valence-electron chi connectivity index (χ0n) is 17.5. The lowest BCUT2D eigenvalue weighted by Crippen LogP contribution is -2.52. The molecule has 1 unspecified atom stereocenters. The standard InChI is InChI=1S/C21H27FN4O4S/c1-2-18(31)23-12-15-13-26(20(28)30-15)14-3-4-17(16(22)11-14)24-7-9-25(10-8-24)19(27)21(29)5-6-21/h3-4,11,15,29H,2,5-10,12-13H2,1H3,(H,23,31). The van der Waals surface area contributed by atoms with Crippen LogP contribution in [0.5, 0.6) is 0 Å². The van der Waals surface area contributed by atoms with Crippen LogP contribution in [0.15, 0.2) is 18.2 Å². The zero-order chi connectivity index (χ0) is 22.2. The number of hydrogen-bond acceptors (Lipinski definition) is 6. The number of carbonyl (C=O) groups excluding carboxylic acids is 2. The number of halogens is 1. The van der Waals surface area contributed by atoms with Crippen LogP contribution in [0.1, 0.15) is 26.2 Å². The maximum Gasteiger partial charge on any atom is 0.414 e. The van der Waals surface area contributed by atoms with Gasteiger partial charge in [0.2, 0.25) is 0 Å². The number of ether oxygens (including phenoxy) is 1. The highest BCUT2D eigenvalue weighted by molar-refractivity contribution is 7.80. The molecule has 31 heavy (non-hydrogen) atoms. The van der Waals surface area contributed by atoms with Crippen LogP contribution in [0.25, 0.3) is 0 Å². The maximum absolute atomic E-state index is 14.9. The molecule has 1 atom stereocenters. The van der Waals surface area contributed by atoms with Gasteiger partial charge in [-0.2, -0.15) is 0 Å². The fourth-order valence-corrected chi connectivity index (χ4v) is 3.97. The molecule has 3 aliphatic rings. The molecule has 0 bridgehead atoms. The molecule has 0 radical (unpaired) electrons. The number of anilines is 2. The van der Waals surface area contributed by atoms with Gasteiger partial charge in [0.15, 0.2) is 0 Å². The van der Waals surface area contributed by atoms with E-state index in [-0.39, 0.29) is 12.0 Å². The minimum absolute atomic E-state index is 0.223. The number of rotatable bonds is 6. The molecule has 168 valence electrons. The van der Waals surface area contributed by atoms with Crippen LogP contribution >= 0.6 is 12.2 Å². The number of hydrogen-bond donors (Lipinski definition) is 2. The smallest absolute Gasteiger partial charge is 0.414 e. The number of thiocarbonyl (C=S) groups is 1. The van der Waals surface area contributed by atoms with Crippen molar-refractivity contribution in [3.8, 4) is 0 Å². The van der Waals surface area contributed by atoms with Gasteiger partial charge in [-0.3, -0.25) is 9.69 Å². The molecule has 2 N–H and O–H groups in total. The minimum atomic E-state index is -1.17. The second kappa shape index (κ2) is 8.58. The number of amides is 2. The van der Waals surface area contributed by atoms with Crippen molar-refractivity contribution in [2.75, 3.05) is 49.1 Å². The summed E-state index contributed by atoms with van der Waals surface area (Å²) in [5, 5.41) is 13.1. The summed E-state index contributed by atoms with van der Waals surface area (Å²) in [6, 6.07) is 4.70. The van der Waals surface area contributed by atoms with Gasteiger partial charge in [0.1, 0.15) is 17.5 Å². The summed E-state index contributed by atoms with van der Waals surface area (Å²) in [6.07, 6.45) is 0.889. The van der Waals surface area contributed by atoms with Gasteiger partial charge in [-0.05, 0) is 37.5 Å². The van der Waals surface area contributed by atoms with Crippen LogP contribution in [0.4, 0.5) is 20.6 Å². The lowest BCUT2D eigenvalue weighted by molar-refractivity contribution is -0.142. The molecular formula is C21H27FN4O4S. The van der Waals surface area contributed by atoms with Gasteiger partial charge in [0, 0.05) is 26.2 Å². The van der Waals surface area contributed by atoms with E-state index in [1.807, 2.05) is 11.8 Å². The molecule has 3 fully saturated rings. The Labute approximate surface area is 185 Å². The second-order valence-corrected chi connectivity index (χ2v) is 8.71. The molecule has 4 rings (SSSR count). The molecule has 2 aliphatic heterocycles. The van der Waals surface area contributed by atoms with Gasteiger partial charge in [0.25, 0.3) is 5.91 Å². The fourth-order valence-electron chi connectivity index (χ4n) is 3.89. The Kier molecular flexibility index (Phi) is 6.02. The highest BCUT2D eigenvalue weighted by Gasteiger charge is 2.50. The van der Waals surface area contributed by atoms with Gasteiger partial charge in [0.05, 0.1) is 29.5 Å². The highest BCUT2D eigenvalue weighted by atomic mass is 32.1. The first-order valence-electron chi connectivity index (χ1n) is 10.6. The Morgan fingerprint density at radius 3 is 2.65 bits per heavy atom. The van der Waals surface area contributed by atoms with E-state index in [9.17, 15) is 19.1 Å². The van der Waals surface area contributed by atoms with Crippen molar-refractivity contribution < 1.29 is 23.8 Å². The molecule has 1 saturated carbocycles. The third kappa shape index (κ3) is 4.59. The summed E-state index contributed by atoms with van der Waals surface area (Å²) in [4.78, 5) is 30.1. The van der Waals surface area contributed by atoms with Gasteiger partial charge in [-0.15, -0.1) is 0 Å². The number of benzene rings is 1. The Hall–Kier alpha value is -2.46. The molecule has 8 nitrogen and oxygen atoms in total. The van der Waals surface area contributed by atoms with Crippen molar-refractivity contribution >= 4 is 40.6 Å². The van der Waals surface area contributed by atoms with Crippen molar-refractivity contribution in [2.24, 2.45) is 0 Å². The average Bonchev–Trinajstić information content (AvgIpc) is 3.42. The Morgan fingerprint density at radius 1 is 1.32 bits per heavy atom. The Bertz CT molecular complexity index is 886. The SMILES string of the molecule is CCC(=S)NCC1CN(c2ccc(N3CCN(C(=O)C4(O)CC4)CC3)c(F)c2)C(=O)O1. The van der Waals surface area contributed by atoms with Crippen LogP contribution < -0.4 is 15.1 Å². The van der Waals surface area contributed by atoms with Crippen LogP contribution in [-0.2, 0) is 9.53 Å². The van der Waals surface area contributed by atoms with Crippen LogP contribution in [0.3, 0.4) is 0 Å². The molecule has 10 heteroatoms. The molecular weight excluding hydrogens is 423 g/mol. The first-order chi connectivity index (χ1) is 14.8. The second-order valence-electron chi connectivity index (χ2n) is 8.22. The molecule has 1 aromatic carbocycles. The van der Waals surface area contributed by atoms with Crippen LogP contribution in [0.2, 0.25) is 0 Å². The zero-order valence-corrected chi connectivity index (χ0v) is 18.3. The number of cyclic esters (lactones) is 1. The molecule has 2 heterocycles. The monoisotopic (exact) mass is 450 g/mol. The van der Waals surface area contributed by atoms with E-state index in [0.29, 0.717) is 68.5 Å². The average molecular weight is 451 g/mol. The summed E-state index contributed by atoms with van der Waals surface area (Å²) < 4.78 is 20.2. The van der Waals surface area contributed by atoms with Crippen molar-refractivity contribution in [3.05, 3.63) is 24.0 Å². The topological polar surface area (TPSA) is 85.4 Å². The van der Waals surface area contributed by atoms with E-state index in [1.54, 1.807) is 17.0 Å².